The van der Waals surface area contributed by atoms with E-state index in [4.69, 9.17) is 11.6 Å². The maximum absolute atomic E-state index is 12.5. The van der Waals surface area contributed by atoms with Crippen LogP contribution < -0.4 is 5.69 Å². The molecule has 0 fully saturated rings. The summed E-state index contributed by atoms with van der Waals surface area (Å²) in [7, 11) is -1.21. The number of halogens is 1. The highest BCUT2D eigenvalue weighted by Crippen LogP contribution is 2.32. The molecular formula is C15H19ClN2O3S. The van der Waals surface area contributed by atoms with E-state index in [1.165, 1.54) is 0 Å². The summed E-state index contributed by atoms with van der Waals surface area (Å²) in [6.07, 6.45) is 4.16. The quantitative estimate of drug-likeness (QED) is 0.674. The number of hydrogen-bond donors (Lipinski definition) is 3. The minimum Gasteiger partial charge on any atom is -0.493 e. The van der Waals surface area contributed by atoms with Crippen molar-refractivity contribution in [3.05, 3.63) is 33.7 Å². The lowest BCUT2D eigenvalue weighted by Gasteiger charge is -2.09. The lowest BCUT2D eigenvalue weighted by molar-refractivity contribution is 0.457. The van der Waals surface area contributed by atoms with Crippen molar-refractivity contribution >= 4 is 22.4 Å². The molecule has 0 saturated carbocycles. The normalized spacial score (nSPS) is 12.5. The molecule has 0 aliphatic carbocycles. The summed E-state index contributed by atoms with van der Waals surface area (Å²) in [6, 6.07) is 4.93. The summed E-state index contributed by atoms with van der Waals surface area (Å²) in [4.78, 5) is 16.6. The van der Waals surface area contributed by atoms with E-state index in [1.54, 1.807) is 18.2 Å². The predicted molar refractivity (Wildman–Crippen MR) is 88.9 cm³/mol. The average molecular weight is 343 g/mol. The molecule has 3 N–H and O–H groups in total. The second kappa shape index (κ2) is 7.65. The molecule has 0 aliphatic heterocycles. The molecule has 5 nitrogen and oxygen atoms in total. The fourth-order valence-electron chi connectivity index (χ4n) is 2.23. The van der Waals surface area contributed by atoms with E-state index < -0.39 is 16.5 Å². The van der Waals surface area contributed by atoms with Crippen LogP contribution in [0.25, 0.3) is 11.3 Å². The summed E-state index contributed by atoms with van der Waals surface area (Å²) in [5.74, 6) is 0.265. The highest BCUT2D eigenvalue weighted by Gasteiger charge is 2.17. The molecule has 0 saturated heterocycles. The number of aromatic amines is 2. The topological polar surface area (TPSA) is 86.0 Å². The van der Waals surface area contributed by atoms with Gasteiger partial charge in [0.15, 0.2) is 0 Å². The maximum atomic E-state index is 12.5. The molecule has 2 rings (SSSR count). The highest BCUT2D eigenvalue weighted by atomic mass is 35.5. The van der Waals surface area contributed by atoms with Gasteiger partial charge in [0.05, 0.1) is 10.8 Å². The number of hydrogen-bond acceptors (Lipinski definition) is 3. The Labute approximate surface area is 136 Å². The van der Waals surface area contributed by atoms with Crippen LogP contribution in [0.2, 0.25) is 5.02 Å². The zero-order valence-corrected chi connectivity index (χ0v) is 13.9. The summed E-state index contributed by atoms with van der Waals surface area (Å²) >= 11 is 5.99. The molecule has 22 heavy (non-hydrogen) atoms. The first-order valence-electron chi connectivity index (χ1n) is 7.22. The SMILES string of the molecule is CCCCCCS(=O)c1ccc(Cl)cc1-c1[nH]c(=O)[nH]c1O. The third kappa shape index (κ3) is 4.01. The van der Waals surface area contributed by atoms with Crippen molar-refractivity contribution in [1.29, 1.82) is 0 Å². The largest absolute Gasteiger partial charge is 0.493 e. The Kier molecular flexibility index (Phi) is 5.85. The van der Waals surface area contributed by atoms with Crippen molar-refractivity contribution in [2.24, 2.45) is 0 Å². The second-order valence-electron chi connectivity index (χ2n) is 5.05. The fourth-order valence-corrected chi connectivity index (χ4v) is 3.72. The van der Waals surface area contributed by atoms with Crippen molar-refractivity contribution in [2.75, 3.05) is 5.75 Å². The molecule has 1 heterocycles. The third-order valence-electron chi connectivity index (χ3n) is 3.35. The van der Waals surface area contributed by atoms with Crippen LogP contribution in [0.5, 0.6) is 5.88 Å². The van der Waals surface area contributed by atoms with Gasteiger partial charge in [0.2, 0.25) is 5.88 Å². The highest BCUT2D eigenvalue weighted by molar-refractivity contribution is 7.85. The van der Waals surface area contributed by atoms with E-state index in [0.717, 1.165) is 25.7 Å². The van der Waals surface area contributed by atoms with Crippen molar-refractivity contribution in [3.8, 4) is 17.1 Å². The minimum atomic E-state index is -1.21. The van der Waals surface area contributed by atoms with Gasteiger partial charge in [-0.1, -0.05) is 37.8 Å². The molecule has 7 heteroatoms. The van der Waals surface area contributed by atoms with E-state index in [2.05, 4.69) is 16.9 Å². The van der Waals surface area contributed by atoms with E-state index in [-0.39, 0.29) is 11.6 Å². The smallest absolute Gasteiger partial charge is 0.326 e. The standard InChI is InChI=1S/C15H19ClN2O3S/c1-2-3-4-5-8-22(21)12-7-6-10(16)9-11(12)13-14(19)18-15(20)17-13/h6-7,9,19H,2-5,8H2,1H3,(H2,17,18,20). The molecule has 2 aromatic rings. The van der Waals surface area contributed by atoms with Crippen molar-refractivity contribution in [2.45, 2.75) is 37.5 Å². The van der Waals surface area contributed by atoms with E-state index in [1.807, 2.05) is 0 Å². The summed E-state index contributed by atoms with van der Waals surface area (Å²) in [5.41, 5.74) is 0.175. The minimum absolute atomic E-state index is 0.212. The molecule has 0 aliphatic rings. The molecule has 0 amide bonds. The van der Waals surface area contributed by atoms with Crippen LogP contribution >= 0.6 is 11.6 Å². The van der Waals surface area contributed by atoms with Crippen LogP contribution in [-0.2, 0) is 10.8 Å². The Morgan fingerprint density at radius 1 is 1.23 bits per heavy atom. The molecule has 1 aromatic heterocycles. The van der Waals surface area contributed by atoms with Gasteiger partial charge in [-0.05, 0) is 24.6 Å². The number of aromatic nitrogens is 2. The zero-order chi connectivity index (χ0) is 16.1. The lowest BCUT2D eigenvalue weighted by Crippen LogP contribution is -2.03. The van der Waals surface area contributed by atoms with Crippen molar-refractivity contribution < 1.29 is 9.32 Å². The molecule has 0 bridgehead atoms. The van der Waals surface area contributed by atoms with Gasteiger partial charge >= 0.3 is 5.69 Å². The number of aromatic hydroxyl groups is 1. The number of rotatable bonds is 7. The zero-order valence-electron chi connectivity index (χ0n) is 12.3. The van der Waals surface area contributed by atoms with Gasteiger partial charge in [-0.25, -0.2) is 4.79 Å². The van der Waals surface area contributed by atoms with Crippen molar-refractivity contribution in [3.63, 3.8) is 0 Å². The molecule has 0 spiro atoms. The first-order valence-corrected chi connectivity index (χ1v) is 8.92. The van der Waals surface area contributed by atoms with Crippen LogP contribution in [-0.4, -0.2) is 25.0 Å². The summed E-state index contributed by atoms with van der Waals surface area (Å²) in [6.45, 7) is 2.12. The predicted octanol–water partition coefficient (Wildman–Crippen LogP) is 3.42. The van der Waals surface area contributed by atoms with Crippen LogP contribution in [0.3, 0.4) is 0 Å². The Bertz CT molecular complexity index is 724. The van der Waals surface area contributed by atoms with E-state index >= 15 is 0 Å². The van der Waals surface area contributed by atoms with Crippen LogP contribution in [0, 0.1) is 0 Å². The Morgan fingerprint density at radius 3 is 2.64 bits per heavy atom. The summed E-state index contributed by atoms with van der Waals surface area (Å²) in [5, 5.41) is 10.2. The number of unbranched alkanes of at least 4 members (excludes halogenated alkanes) is 3. The van der Waals surface area contributed by atoms with Gasteiger partial charge in [0.1, 0.15) is 5.69 Å². The van der Waals surface area contributed by atoms with Gasteiger partial charge in [0, 0.05) is 21.2 Å². The number of nitrogens with one attached hydrogen (secondary N) is 2. The molecule has 120 valence electrons. The van der Waals surface area contributed by atoms with Crippen molar-refractivity contribution in [1.82, 2.24) is 9.97 Å². The molecule has 0 radical (unpaired) electrons. The molecule has 1 atom stereocenters. The summed E-state index contributed by atoms with van der Waals surface area (Å²) < 4.78 is 12.5. The van der Waals surface area contributed by atoms with Gasteiger partial charge < -0.3 is 10.1 Å². The van der Waals surface area contributed by atoms with Gasteiger partial charge in [0.25, 0.3) is 0 Å². The Balaban J connectivity index is 2.30. The van der Waals surface area contributed by atoms with E-state index in [9.17, 15) is 14.1 Å². The molecule has 1 unspecified atom stereocenters. The van der Waals surface area contributed by atoms with Gasteiger partial charge in [-0.3, -0.25) is 9.19 Å². The van der Waals surface area contributed by atoms with E-state index in [0.29, 0.717) is 21.2 Å². The lowest BCUT2D eigenvalue weighted by atomic mass is 10.1. The first-order chi connectivity index (χ1) is 10.5. The maximum Gasteiger partial charge on any atom is 0.326 e. The number of imidazole rings is 1. The third-order valence-corrected chi connectivity index (χ3v) is 5.09. The Hall–Kier alpha value is -1.53. The fraction of sp³-hybridized carbons (Fsp3) is 0.400. The second-order valence-corrected chi connectivity index (χ2v) is 7.03. The van der Waals surface area contributed by atoms with Gasteiger partial charge in [-0.2, -0.15) is 0 Å². The number of benzene rings is 1. The van der Waals surface area contributed by atoms with Crippen LogP contribution in [0.1, 0.15) is 32.6 Å². The first kappa shape index (κ1) is 16.8. The molecular weight excluding hydrogens is 324 g/mol. The average Bonchev–Trinajstić information content (AvgIpc) is 2.82. The molecule has 1 aromatic carbocycles. The Morgan fingerprint density at radius 2 is 2.00 bits per heavy atom. The van der Waals surface area contributed by atoms with Crippen LogP contribution in [0.4, 0.5) is 0 Å². The van der Waals surface area contributed by atoms with Gasteiger partial charge in [-0.15, -0.1) is 0 Å². The monoisotopic (exact) mass is 342 g/mol. The number of H-pyrrole nitrogens is 2. The van der Waals surface area contributed by atoms with Crippen LogP contribution in [0.15, 0.2) is 27.9 Å².